The SMILES string of the molecule is O=C(O)C1CCCCC1Sc1ccc(Cl)cc1. The molecule has 2 atom stereocenters. The molecule has 2 rings (SSSR count). The molecule has 1 aromatic carbocycles. The minimum Gasteiger partial charge on any atom is -0.481 e. The number of thioether (sulfide) groups is 1. The van der Waals surface area contributed by atoms with Crippen molar-refractivity contribution >= 4 is 29.3 Å². The molecule has 92 valence electrons. The van der Waals surface area contributed by atoms with Gasteiger partial charge in [-0.3, -0.25) is 4.79 Å². The molecular formula is C13H15ClO2S. The van der Waals surface area contributed by atoms with E-state index < -0.39 is 5.97 Å². The van der Waals surface area contributed by atoms with Crippen LogP contribution in [0.25, 0.3) is 0 Å². The third kappa shape index (κ3) is 3.39. The molecule has 0 aromatic heterocycles. The van der Waals surface area contributed by atoms with E-state index in [0.29, 0.717) is 5.02 Å². The third-order valence-electron chi connectivity index (χ3n) is 3.12. The molecule has 4 heteroatoms. The molecule has 0 saturated heterocycles. The molecule has 1 aliphatic rings. The summed E-state index contributed by atoms with van der Waals surface area (Å²) in [7, 11) is 0. The van der Waals surface area contributed by atoms with Gasteiger partial charge in [0.25, 0.3) is 0 Å². The highest BCUT2D eigenvalue weighted by molar-refractivity contribution is 8.00. The Morgan fingerprint density at radius 3 is 2.53 bits per heavy atom. The molecule has 0 amide bonds. The van der Waals surface area contributed by atoms with Gasteiger partial charge in [-0.05, 0) is 37.1 Å². The van der Waals surface area contributed by atoms with Crippen LogP contribution >= 0.6 is 23.4 Å². The number of halogens is 1. The molecule has 1 fully saturated rings. The Hall–Kier alpha value is -0.670. The molecule has 0 spiro atoms. The van der Waals surface area contributed by atoms with Crippen LogP contribution in [-0.4, -0.2) is 16.3 Å². The fourth-order valence-corrected chi connectivity index (χ4v) is 3.68. The van der Waals surface area contributed by atoms with Crippen molar-refractivity contribution in [1.82, 2.24) is 0 Å². The van der Waals surface area contributed by atoms with Crippen LogP contribution < -0.4 is 0 Å². The van der Waals surface area contributed by atoms with E-state index in [1.54, 1.807) is 11.8 Å². The summed E-state index contributed by atoms with van der Waals surface area (Å²) < 4.78 is 0. The smallest absolute Gasteiger partial charge is 0.307 e. The van der Waals surface area contributed by atoms with Crippen LogP contribution in [0.1, 0.15) is 25.7 Å². The van der Waals surface area contributed by atoms with E-state index in [-0.39, 0.29) is 11.2 Å². The summed E-state index contributed by atoms with van der Waals surface area (Å²) in [5, 5.41) is 10.1. The summed E-state index contributed by atoms with van der Waals surface area (Å²) in [6, 6.07) is 7.62. The topological polar surface area (TPSA) is 37.3 Å². The van der Waals surface area contributed by atoms with Gasteiger partial charge < -0.3 is 5.11 Å². The Bertz CT molecular complexity index is 391. The lowest BCUT2D eigenvalue weighted by molar-refractivity contribution is -0.142. The molecule has 1 N–H and O–H groups in total. The molecule has 2 unspecified atom stereocenters. The number of benzene rings is 1. The highest BCUT2D eigenvalue weighted by Gasteiger charge is 2.31. The van der Waals surface area contributed by atoms with E-state index in [4.69, 9.17) is 11.6 Å². The maximum absolute atomic E-state index is 11.2. The Labute approximate surface area is 110 Å². The number of carboxylic acids is 1. The van der Waals surface area contributed by atoms with Crippen molar-refractivity contribution in [2.24, 2.45) is 5.92 Å². The summed E-state index contributed by atoms with van der Waals surface area (Å²) in [4.78, 5) is 12.3. The van der Waals surface area contributed by atoms with E-state index in [0.717, 1.165) is 30.6 Å². The predicted molar refractivity (Wildman–Crippen MR) is 70.7 cm³/mol. The first kappa shape index (κ1) is 12.8. The van der Waals surface area contributed by atoms with Crippen molar-refractivity contribution < 1.29 is 9.90 Å². The average Bonchev–Trinajstić information content (AvgIpc) is 2.32. The normalized spacial score (nSPS) is 24.5. The van der Waals surface area contributed by atoms with Crippen LogP contribution in [0.15, 0.2) is 29.2 Å². The zero-order valence-corrected chi connectivity index (χ0v) is 11.0. The molecule has 1 aliphatic carbocycles. The monoisotopic (exact) mass is 270 g/mol. The lowest BCUT2D eigenvalue weighted by Crippen LogP contribution is -2.28. The van der Waals surface area contributed by atoms with Gasteiger partial charge in [0.05, 0.1) is 5.92 Å². The predicted octanol–water partition coefficient (Wildman–Crippen LogP) is 4.08. The highest BCUT2D eigenvalue weighted by Crippen LogP contribution is 2.37. The molecule has 17 heavy (non-hydrogen) atoms. The van der Waals surface area contributed by atoms with Gasteiger partial charge in [0.15, 0.2) is 0 Å². The van der Waals surface area contributed by atoms with Crippen LogP contribution in [0.4, 0.5) is 0 Å². The van der Waals surface area contributed by atoms with Gasteiger partial charge in [0.2, 0.25) is 0 Å². The number of carbonyl (C=O) groups is 1. The number of carboxylic acid groups (broad SMARTS) is 1. The van der Waals surface area contributed by atoms with E-state index >= 15 is 0 Å². The van der Waals surface area contributed by atoms with E-state index in [1.807, 2.05) is 24.3 Å². The molecule has 2 nitrogen and oxygen atoms in total. The molecule has 1 saturated carbocycles. The maximum Gasteiger partial charge on any atom is 0.307 e. The van der Waals surface area contributed by atoms with Crippen molar-refractivity contribution in [3.8, 4) is 0 Å². The second-order valence-electron chi connectivity index (χ2n) is 4.34. The zero-order chi connectivity index (χ0) is 12.3. The number of hydrogen-bond donors (Lipinski definition) is 1. The summed E-state index contributed by atoms with van der Waals surface area (Å²) in [6.45, 7) is 0. The standard InChI is InChI=1S/C13H15ClO2S/c14-9-5-7-10(8-6-9)17-12-4-2-1-3-11(12)13(15)16/h5-8,11-12H,1-4H2,(H,15,16). The third-order valence-corrected chi connectivity index (χ3v) is 4.78. The average molecular weight is 271 g/mol. The van der Waals surface area contributed by atoms with Crippen molar-refractivity contribution in [3.63, 3.8) is 0 Å². The maximum atomic E-state index is 11.2. The van der Waals surface area contributed by atoms with Crippen molar-refractivity contribution in [2.75, 3.05) is 0 Å². The van der Waals surface area contributed by atoms with Crippen molar-refractivity contribution in [1.29, 1.82) is 0 Å². The first-order valence-electron chi connectivity index (χ1n) is 5.82. The zero-order valence-electron chi connectivity index (χ0n) is 9.43. The van der Waals surface area contributed by atoms with Crippen molar-refractivity contribution in [3.05, 3.63) is 29.3 Å². The minimum absolute atomic E-state index is 0.197. The summed E-state index contributed by atoms with van der Waals surface area (Å²) >= 11 is 7.50. The van der Waals surface area contributed by atoms with E-state index in [9.17, 15) is 9.90 Å². The highest BCUT2D eigenvalue weighted by atomic mass is 35.5. The van der Waals surface area contributed by atoms with Gasteiger partial charge in [0.1, 0.15) is 0 Å². The first-order chi connectivity index (χ1) is 8.16. The lowest BCUT2D eigenvalue weighted by Gasteiger charge is -2.27. The second-order valence-corrected chi connectivity index (χ2v) is 6.09. The number of rotatable bonds is 3. The van der Waals surface area contributed by atoms with Gasteiger partial charge in [-0.25, -0.2) is 0 Å². The van der Waals surface area contributed by atoms with Gasteiger partial charge in [-0.1, -0.05) is 24.4 Å². The minimum atomic E-state index is -0.656. The Morgan fingerprint density at radius 1 is 1.24 bits per heavy atom. The van der Waals surface area contributed by atoms with Crippen LogP contribution in [0.3, 0.4) is 0 Å². The Morgan fingerprint density at radius 2 is 1.88 bits per heavy atom. The quantitative estimate of drug-likeness (QED) is 0.899. The lowest BCUT2D eigenvalue weighted by atomic mass is 9.89. The molecule has 0 heterocycles. The van der Waals surface area contributed by atoms with Crippen LogP contribution in [0, 0.1) is 5.92 Å². The van der Waals surface area contributed by atoms with E-state index in [2.05, 4.69) is 0 Å². The number of hydrogen-bond acceptors (Lipinski definition) is 2. The summed E-state index contributed by atoms with van der Waals surface area (Å²) in [5.41, 5.74) is 0. The van der Waals surface area contributed by atoms with E-state index in [1.165, 1.54) is 0 Å². The first-order valence-corrected chi connectivity index (χ1v) is 7.07. The van der Waals surface area contributed by atoms with Crippen LogP contribution in [0.5, 0.6) is 0 Å². The Balaban J connectivity index is 2.05. The second kappa shape index (κ2) is 5.78. The van der Waals surface area contributed by atoms with Gasteiger partial charge >= 0.3 is 5.97 Å². The molecule has 0 bridgehead atoms. The Kier molecular flexibility index (Phi) is 4.35. The van der Waals surface area contributed by atoms with Gasteiger partial charge in [-0.2, -0.15) is 0 Å². The molecular weight excluding hydrogens is 256 g/mol. The van der Waals surface area contributed by atoms with Crippen LogP contribution in [0.2, 0.25) is 5.02 Å². The summed E-state index contributed by atoms with van der Waals surface area (Å²) in [5.74, 6) is -0.861. The van der Waals surface area contributed by atoms with Gasteiger partial charge in [0, 0.05) is 15.2 Å². The molecule has 0 aliphatic heterocycles. The van der Waals surface area contributed by atoms with Crippen molar-refractivity contribution in [2.45, 2.75) is 35.8 Å². The fourth-order valence-electron chi connectivity index (χ4n) is 2.21. The fraction of sp³-hybridized carbons (Fsp3) is 0.462. The van der Waals surface area contributed by atoms with Gasteiger partial charge in [-0.15, -0.1) is 11.8 Å². The molecule has 1 aromatic rings. The molecule has 0 radical (unpaired) electrons. The largest absolute Gasteiger partial charge is 0.481 e. The summed E-state index contributed by atoms with van der Waals surface area (Å²) in [6.07, 6.45) is 3.97. The van der Waals surface area contributed by atoms with Crippen LogP contribution in [-0.2, 0) is 4.79 Å². The number of aliphatic carboxylic acids is 1.